The number of nitrogens with zero attached hydrogens (tertiary/aromatic N) is 1. The summed E-state index contributed by atoms with van der Waals surface area (Å²) >= 11 is 0. The molecule has 4 N–H and O–H groups in total. The molecule has 1 rings (SSSR count). The average molecular weight is 278 g/mol. The highest BCUT2D eigenvalue weighted by molar-refractivity contribution is 6.14. The summed E-state index contributed by atoms with van der Waals surface area (Å²) in [5.41, 5.74) is 8.14. The second kappa shape index (κ2) is 7.49. The van der Waals surface area contributed by atoms with Crippen LogP contribution in [-0.4, -0.2) is 32.3 Å². The summed E-state index contributed by atoms with van der Waals surface area (Å²) in [5.74, 6) is -0.302. The third-order valence-electron chi connectivity index (χ3n) is 2.95. The van der Waals surface area contributed by atoms with Gasteiger partial charge < -0.3 is 15.8 Å². The Morgan fingerprint density at radius 2 is 2.20 bits per heavy atom. The summed E-state index contributed by atoms with van der Waals surface area (Å²) in [6.45, 7) is 4.67. The van der Waals surface area contributed by atoms with E-state index in [1.165, 1.54) is 4.90 Å². The summed E-state index contributed by atoms with van der Waals surface area (Å²) in [6, 6.07) is 5.34. The van der Waals surface area contributed by atoms with Crippen molar-refractivity contribution >= 4 is 17.7 Å². The maximum Gasteiger partial charge on any atom is 0.328 e. The normalized spacial score (nSPS) is 10.2. The molecule has 0 aromatic heterocycles. The van der Waals surface area contributed by atoms with Crippen LogP contribution in [0.2, 0.25) is 0 Å². The number of anilines is 1. The molecule has 0 radical (unpaired) electrons. The Kier molecular flexibility index (Phi) is 5.99. The van der Waals surface area contributed by atoms with E-state index in [1.807, 2.05) is 32.0 Å². The molecule has 0 unspecified atom stereocenters. The Morgan fingerprint density at radius 3 is 2.75 bits per heavy atom. The van der Waals surface area contributed by atoms with E-state index in [4.69, 9.17) is 15.9 Å². The van der Waals surface area contributed by atoms with Crippen molar-refractivity contribution in [2.75, 3.05) is 25.2 Å². The molecule has 0 fully saturated rings. The second-order valence-corrected chi connectivity index (χ2v) is 4.38. The van der Waals surface area contributed by atoms with Crippen LogP contribution >= 0.6 is 0 Å². The number of rotatable bonds is 5. The number of methoxy groups -OCH3 is 1. The lowest BCUT2D eigenvalue weighted by molar-refractivity contribution is 0.197. The van der Waals surface area contributed by atoms with Gasteiger partial charge in [-0.15, -0.1) is 0 Å². The Morgan fingerprint density at radius 1 is 1.50 bits per heavy atom. The number of amides is 2. The second-order valence-electron chi connectivity index (χ2n) is 4.38. The number of aryl methyl sites for hydroxylation is 2. The van der Waals surface area contributed by atoms with Gasteiger partial charge in [0.2, 0.25) is 5.96 Å². The number of ether oxygens (including phenoxy) is 1. The maximum atomic E-state index is 12.2. The number of guanidine groups is 1. The molecule has 0 aliphatic rings. The van der Waals surface area contributed by atoms with E-state index in [9.17, 15) is 4.79 Å². The van der Waals surface area contributed by atoms with Gasteiger partial charge in [-0.05, 0) is 24.5 Å². The van der Waals surface area contributed by atoms with Crippen LogP contribution in [0.1, 0.15) is 18.1 Å². The van der Waals surface area contributed by atoms with Crippen molar-refractivity contribution in [3.05, 3.63) is 29.3 Å². The number of para-hydroxylation sites is 1. The molecule has 6 nitrogen and oxygen atoms in total. The Bertz CT molecular complexity index is 488. The van der Waals surface area contributed by atoms with Crippen molar-refractivity contribution in [3.63, 3.8) is 0 Å². The number of benzene rings is 1. The third kappa shape index (κ3) is 3.71. The van der Waals surface area contributed by atoms with Crippen molar-refractivity contribution < 1.29 is 9.53 Å². The van der Waals surface area contributed by atoms with Crippen LogP contribution in [-0.2, 0) is 11.2 Å². The predicted molar refractivity (Wildman–Crippen MR) is 80.2 cm³/mol. The molecule has 1 aromatic carbocycles. The zero-order valence-electron chi connectivity index (χ0n) is 12.2. The maximum absolute atomic E-state index is 12.2. The van der Waals surface area contributed by atoms with E-state index < -0.39 is 6.03 Å². The molecule has 0 bridgehead atoms. The molecular formula is C14H22N4O2. The molecule has 1 aromatic rings. The quantitative estimate of drug-likeness (QED) is 0.434. The van der Waals surface area contributed by atoms with Gasteiger partial charge in [-0.25, -0.2) is 9.69 Å². The van der Waals surface area contributed by atoms with Crippen molar-refractivity contribution in [1.29, 1.82) is 5.41 Å². The zero-order chi connectivity index (χ0) is 15.1. The zero-order valence-corrected chi connectivity index (χ0v) is 12.2. The van der Waals surface area contributed by atoms with E-state index in [0.29, 0.717) is 18.8 Å². The molecule has 6 heteroatoms. The molecule has 2 amide bonds. The van der Waals surface area contributed by atoms with Gasteiger partial charge in [-0.1, -0.05) is 25.1 Å². The van der Waals surface area contributed by atoms with Gasteiger partial charge in [0.15, 0.2) is 0 Å². The van der Waals surface area contributed by atoms with Gasteiger partial charge in [0.1, 0.15) is 0 Å². The SMILES string of the molecule is CCc1cccc(C)c1N(C(=N)N)C(=O)NCCOC. The minimum absolute atomic E-state index is 0.302. The smallest absolute Gasteiger partial charge is 0.328 e. The standard InChI is InChI=1S/C14H22N4O2/c1-4-11-7-5-6-10(2)12(11)18(13(15)16)14(19)17-8-9-20-3/h5-7H,4,8-9H2,1-3H3,(H3,15,16)(H,17,19). The number of hydrogen-bond acceptors (Lipinski definition) is 3. The first-order valence-electron chi connectivity index (χ1n) is 6.52. The van der Waals surface area contributed by atoms with Gasteiger partial charge in [-0.2, -0.15) is 0 Å². The number of carbonyl (C=O) groups excluding carboxylic acids is 1. The van der Waals surface area contributed by atoms with E-state index in [-0.39, 0.29) is 5.96 Å². The van der Waals surface area contributed by atoms with E-state index in [2.05, 4.69) is 5.32 Å². The lowest BCUT2D eigenvalue weighted by Gasteiger charge is -2.25. The summed E-state index contributed by atoms with van der Waals surface area (Å²) in [6.07, 6.45) is 0.756. The van der Waals surface area contributed by atoms with Gasteiger partial charge in [-0.3, -0.25) is 5.41 Å². The van der Waals surface area contributed by atoms with E-state index in [1.54, 1.807) is 7.11 Å². The van der Waals surface area contributed by atoms with Gasteiger partial charge in [0, 0.05) is 13.7 Å². The first-order chi connectivity index (χ1) is 9.52. The summed E-state index contributed by atoms with van der Waals surface area (Å²) in [5, 5.41) is 10.4. The van der Waals surface area contributed by atoms with Crippen LogP contribution in [0.15, 0.2) is 18.2 Å². The summed E-state index contributed by atoms with van der Waals surface area (Å²) < 4.78 is 4.89. The first-order valence-corrected chi connectivity index (χ1v) is 6.52. The number of carbonyl (C=O) groups is 1. The van der Waals surface area contributed by atoms with Gasteiger partial charge >= 0.3 is 6.03 Å². The monoisotopic (exact) mass is 278 g/mol. The average Bonchev–Trinajstić information content (AvgIpc) is 2.40. The van der Waals surface area contributed by atoms with Gasteiger partial charge in [0.25, 0.3) is 0 Å². The fourth-order valence-electron chi connectivity index (χ4n) is 2.00. The highest BCUT2D eigenvalue weighted by Gasteiger charge is 2.22. The van der Waals surface area contributed by atoms with Crippen molar-refractivity contribution in [2.45, 2.75) is 20.3 Å². The highest BCUT2D eigenvalue weighted by atomic mass is 16.5. The molecular weight excluding hydrogens is 256 g/mol. The van der Waals surface area contributed by atoms with E-state index in [0.717, 1.165) is 17.5 Å². The van der Waals surface area contributed by atoms with E-state index >= 15 is 0 Å². The fraction of sp³-hybridized carbons (Fsp3) is 0.429. The Hall–Kier alpha value is -2.08. The number of nitrogens with one attached hydrogen (secondary N) is 2. The van der Waals surface area contributed by atoms with Crippen LogP contribution < -0.4 is 16.0 Å². The third-order valence-corrected chi connectivity index (χ3v) is 2.95. The fourth-order valence-corrected chi connectivity index (χ4v) is 2.00. The first kappa shape index (κ1) is 16.0. The summed E-state index contributed by atoms with van der Waals surface area (Å²) in [7, 11) is 1.56. The van der Waals surface area contributed by atoms with Crippen molar-refractivity contribution in [3.8, 4) is 0 Å². The molecule has 20 heavy (non-hydrogen) atoms. The number of nitrogens with two attached hydrogens (primary N) is 1. The topological polar surface area (TPSA) is 91.4 Å². The van der Waals surface area contributed by atoms with Crippen LogP contribution in [0.3, 0.4) is 0 Å². The highest BCUT2D eigenvalue weighted by Crippen LogP contribution is 2.25. The van der Waals surface area contributed by atoms with Crippen molar-refractivity contribution in [1.82, 2.24) is 5.32 Å². The minimum atomic E-state index is -0.418. The Balaban J connectivity index is 3.08. The molecule has 0 saturated heterocycles. The minimum Gasteiger partial charge on any atom is -0.383 e. The Labute approximate surface area is 119 Å². The van der Waals surface area contributed by atoms with Crippen LogP contribution in [0.5, 0.6) is 0 Å². The molecule has 0 heterocycles. The lowest BCUT2D eigenvalue weighted by Crippen LogP contribution is -2.48. The number of urea groups is 1. The molecule has 0 saturated carbocycles. The predicted octanol–water partition coefficient (Wildman–Crippen LogP) is 1.61. The molecule has 0 aliphatic carbocycles. The molecule has 0 atom stereocenters. The van der Waals surface area contributed by atoms with Crippen LogP contribution in [0.4, 0.5) is 10.5 Å². The molecule has 0 aliphatic heterocycles. The van der Waals surface area contributed by atoms with Crippen LogP contribution in [0, 0.1) is 12.3 Å². The molecule has 110 valence electrons. The largest absolute Gasteiger partial charge is 0.383 e. The van der Waals surface area contributed by atoms with Crippen LogP contribution in [0.25, 0.3) is 0 Å². The lowest BCUT2D eigenvalue weighted by atomic mass is 10.0. The van der Waals surface area contributed by atoms with Crippen molar-refractivity contribution in [2.24, 2.45) is 5.73 Å². The summed E-state index contributed by atoms with van der Waals surface area (Å²) in [4.78, 5) is 13.4. The van der Waals surface area contributed by atoms with Gasteiger partial charge in [0.05, 0.1) is 12.3 Å². The number of hydrogen-bond donors (Lipinski definition) is 3. The molecule has 0 spiro atoms.